The molecular formula is C13H21FN2O3S. The molecule has 2 heterocycles. The van der Waals surface area contributed by atoms with Crippen LogP contribution in [0.2, 0.25) is 0 Å². The van der Waals surface area contributed by atoms with Gasteiger partial charge >= 0.3 is 5.97 Å². The van der Waals surface area contributed by atoms with Gasteiger partial charge in [0.05, 0.1) is 18.7 Å². The Kier molecular flexibility index (Phi) is 5.26. The second kappa shape index (κ2) is 6.76. The van der Waals surface area contributed by atoms with Crippen LogP contribution >= 0.6 is 11.8 Å². The predicted molar refractivity (Wildman–Crippen MR) is 76.4 cm³/mol. The van der Waals surface area contributed by atoms with Crippen molar-refractivity contribution in [2.45, 2.75) is 38.4 Å². The van der Waals surface area contributed by atoms with Gasteiger partial charge in [0.2, 0.25) is 0 Å². The number of thioether (sulfide) groups is 1. The highest BCUT2D eigenvalue weighted by atomic mass is 32.2. The Morgan fingerprint density at radius 1 is 1.50 bits per heavy atom. The van der Waals surface area contributed by atoms with Gasteiger partial charge in [0.15, 0.2) is 5.17 Å². The molecule has 2 aliphatic rings. The summed E-state index contributed by atoms with van der Waals surface area (Å²) in [5.41, 5.74) is -0.0554. The van der Waals surface area contributed by atoms with Gasteiger partial charge in [-0.15, -0.1) is 0 Å². The van der Waals surface area contributed by atoms with Crippen molar-refractivity contribution in [2.75, 3.05) is 19.8 Å². The quantitative estimate of drug-likeness (QED) is 0.799. The minimum absolute atomic E-state index is 0.0554. The summed E-state index contributed by atoms with van der Waals surface area (Å²) in [6.45, 7) is 5.64. The minimum Gasteiger partial charge on any atom is -0.463 e. The monoisotopic (exact) mass is 304 g/mol. The number of carbonyl (C=O) groups is 1. The maximum Gasteiger partial charge on any atom is 0.302 e. The van der Waals surface area contributed by atoms with Crippen LogP contribution in [0, 0.1) is 11.8 Å². The maximum absolute atomic E-state index is 12.2. The van der Waals surface area contributed by atoms with Crippen molar-refractivity contribution >= 4 is 22.9 Å². The van der Waals surface area contributed by atoms with Crippen LogP contribution in [0.15, 0.2) is 4.99 Å². The lowest BCUT2D eigenvalue weighted by Crippen LogP contribution is -2.52. The van der Waals surface area contributed by atoms with Crippen molar-refractivity contribution in [3.8, 4) is 0 Å². The molecule has 0 amide bonds. The molecule has 0 bridgehead atoms. The van der Waals surface area contributed by atoms with Gasteiger partial charge < -0.3 is 14.8 Å². The zero-order valence-electron chi connectivity index (χ0n) is 12.0. The van der Waals surface area contributed by atoms with E-state index in [0.717, 1.165) is 5.17 Å². The first kappa shape index (κ1) is 15.6. The van der Waals surface area contributed by atoms with Crippen LogP contribution in [0.1, 0.15) is 20.8 Å². The van der Waals surface area contributed by atoms with Crippen LogP contribution in [-0.2, 0) is 14.3 Å². The van der Waals surface area contributed by atoms with Crippen LogP contribution in [0.5, 0.6) is 0 Å². The number of amidine groups is 1. The number of alkyl halides is 1. The van der Waals surface area contributed by atoms with E-state index in [1.165, 1.54) is 18.7 Å². The second-order valence-electron chi connectivity index (χ2n) is 5.23. The van der Waals surface area contributed by atoms with E-state index in [2.05, 4.69) is 24.2 Å². The number of aliphatic imine (C=N–C) groups is 1. The van der Waals surface area contributed by atoms with Crippen molar-refractivity contribution in [3.05, 3.63) is 0 Å². The molecule has 0 saturated carbocycles. The number of esters is 1. The Morgan fingerprint density at radius 3 is 2.90 bits per heavy atom. The molecule has 0 unspecified atom stereocenters. The van der Waals surface area contributed by atoms with Gasteiger partial charge in [-0.1, -0.05) is 25.6 Å². The summed E-state index contributed by atoms with van der Waals surface area (Å²) in [6, 6.07) is 0.168. The Bertz CT molecular complexity index is 394. The molecule has 0 aromatic heterocycles. The molecule has 2 fully saturated rings. The molecule has 2 saturated heterocycles. The molecule has 5 atom stereocenters. The highest BCUT2D eigenvalue weighted by molar-refractivity contribution is 8.14. The van der Waals surface area contributed by atoms with Crippen molar-refractivity contribution in [1.29, 1.82) is 0 Å². The minimum atomic E-state index is -0.455. The Morgan fingerprint density at radius 2 is 2.25 bits per heavy atom. The molecule has 114 valence electrons. The summed E-state index contributed by atoms with van der Waals surface area (Å²) >= 11 is 1.49. The average molecular weight is 304 g/mol. The summed E-state index contributed by atoms with van der Waals surface area (Å²) in [4.78, 5) is 15.1. The van der Waals surface area contributed by atoms with E-state index in [0.29, 0.717) is 5.92 Å². The largest absolute Gasteiger partial charge is 0.463 e. The summed E-state index contributed by atoms with van der Waals surface area (Å²) in [7, 11) is 0. The fraction of sp³-hybridized carbons (Fsp3) is 0.846. The number of ether oxygens (including phenoxy) is 2. The lowest BCUT2D eigenvalue weighted by Gasteiger charge is -2.40. The summed E-state index contributed by atoms with van der Waals surface area (Å²) in [6.07, 6.45) is -0.107. The lowest BCUT2D eigenvalue weighted by atomic mass is 9.83. The molecule has 0 aliphatic carbocycles. The molecule has 1 N–H and O–H groups in total. The Hall–Kier alpha value is -0.820. The fourth-order valence-electron chi connectivity index (χ4n) is 2.50. The smallest absolute Gasteiger partial charge is 0.302 e. The number of halogens is 1. The summed E-state index contributed by atoms with van der Waals surface area (Å²) in [5.74, 6) is 0.335. The van der Waals surface area contributed by atoms with Gasteiger partial charge in [-0.3, -0.25) is 9.79 Å². The van der Waals surface area contributed by atoms with Crippen molar-refractivity contribution < 1.29 is 18.7 Å². The molecule has 7 heteroatoms. The van der Waals surface area contributed by atoms with Gasteiger partial charge in [-0.2, -0.15) is 0 Å². The van der Waals surface area contributed by atoms with Gasteiger partial charge in [-0.25, -0.2) is 4.39 Å². The van der Waals surface area contributed by atoms with Crippen LogP contribution < -0.4 is 5.32 Å². The van der Waals surface area contributed by atoms with E-state index in [1.807, 2.05) is 0 Å². The summed E-state index contributed by atoms with van der Waals surface area (Å²) in [5, 5.41) is 4.05. The molecule has 0 radical (unpaired) electrons. The first-order valence-corrected chi connectivity index (χ1v) is 7.73. The molecule has 2 rings (SSSR count). The number of nitrogens with zero attached hydrogens (tertiary/aromatic N) is 1. The van der Waals surface area contributed by atoms with Gasteiger partial charge in [-0.05, 0) is 11.8 Å². The van der Waals surface area contributed by atoms with Crippen molar-refractivity contribution in [1.82, 2.24) is 5.32 Å². The third-order valence-electron chi connectivity index (χ3n) is 3.89. The number of nitrogens with one attached hydrogen (secondary N) is 1. The molecular weight excluding hydrogens is 283 g/mol. The highest BCUT2D eigenvalue weighted by Gasteiger charge is 2.46. The SMILES string of the molecule is CC(=O)OC[C@H]1O[C@@H]2SC(=NCCF)N[C@@H]2[C@@H](C)[C@@H]1C. The van der Waals surface area contributed by atoms with Crippen LogP contribution in [0.3, 0.4) is 0 Å². The molecule has 2 aliphatic heterocycles. The van der Waals surface area contributed by atoms with Crippen molar-refractivity contribution in [3.63, 3.8) is 0 Å². The van der Waals surface area contributed by atoms with Gasteiger partial charge in [0.25, 0.3) is 0 Å². The Balaban J connectivity index is 1.99. The maximum atomic E-state index is 12.2. The van der Waals surface area contributed by atoms with Crippen LogP contribution in [0.4, 0.5) is 4.39 Å². The van der Waals surface area contributed by atoms with E-state index in [1.54, 1.807) is 0 Å². The van der Waals surface area contributed by atoms with Crippen LogP contribution in [-0.4, -0.2) is 48.5 Å². The molecule has 0 aromatic carbocycles. The number of rotatable bonds is 4. The van der Waals surface area contributed by atoms with Crippen molar-refractivity contribution in [2.24, 2.45) is 16.8 Å². The topological polar surface area (TPSA) is 59.9 Å². The second-order valence-corrected chi connectivity index (χ2v) is 6.31. The molecule has 0 spiro atoms. The van der Waals surface area contributed by atoms with E-state index >= 15 is 0 Å². The van der Waals surface area contributed by atoms with E-state index < -0.39 is 6.67 Å². The standard InChI is InChI=1S/C13H21FN2O3S/c1-7-8(2)11-12(19-10(7)6-18-9(3)17)20-13(16-11)15-5-4-14/h7-8,10-12H,4-6H2,1-3H3,(H,15,16)/t7-,8-,10+,11+,12+/m0/s1. The van der Waals surface area contributed by atoms with E-state index in [4.69, 9.17) is 9.47 Å². The number of hydrogen-bond donors (Lipinski definition) is 1. The van der Waals surface area contributed by atoms with Crippen LogP contribution in [0.25, 0.3) is 0 Å². The normalized spacial score (nSPS) is 38.4. The molecule has 5 nitrogen and oxygen atoms in total. The first-order valence-electron chi connectivity index (χ1n) is 6.85. The molecule has 0 aromatic rings. The third kappa shape index (κ3) is 3.44. The number of hydrogen-bond acceptors (Lipinski definition) is 5. The van der Waals surface area contributed by atoms with Gasteiger partial charge in [0.1, 0.15) is 18.7 Å². The fourth-order valence-corrected chi connectivity index (χ4v) is 3.75. The number of carbonyl (C=O) groups excluding carboxylic acids is 1. The summed E-state index contributed by atoms with van der Waals surface area (Å²) < 4.78 is 23.2. The zero-order valence-corrected chi connectivity index (χ0v) is 12.8. The van der Waals surface area contributed by atoms with Gasteiger partial charge in [0, 0.05) is 6.92 Å². The number of fused-ring (bicyclic) bond motifs is 1. The third-order valence-corrected chi connectivity index (χ3v) is 5.00. The predicted octanol–water partition coefficient (Wildman–Crippen LogP) is 1.58. The Labute approximate surface area is 122 Å². The van der Waals surface area contributed by atoms with E-state index in [9.17, 15) is 9.18 Å². The zero-order chi connectivity index (χ0) is 14.7. The molecule has 20 heavy (non-hydrogen) atoms. The van der Waals surface area contributed by atoms with E-state index in [-0.39, 0.29) is 42.6 Å². The highest BCUT2D eigenvalue weighted by Crippen LogP contribution is 2.39. The lowest BCUT2D eigenvalue weighted by molar-refractivity contribution is -0.153. The average Bonchev–Trinajstić information content (AvgIpc) is 2.82. The first-order chi connectivity index (χ1) is 9.52.